The molecule has 16 nitrogen and oxygen atoms in total. The fourth-order valence-corrected chi connectivity index (χ4v) is 6.13. The van der Waals surface area contributed by atoms with Crippen molar-refractivity contribution < 1.29 is 24.2 Å². The Bertz CT molecular complexity index is 2240. The average Bonchev–Trinajstić information content (AvgIpc) is 3.87. The smallest absolute Gasteiger partial charge is 0.276 e. The second-order valence-corrected chi connectivity index (χ2v) is 12.0. The van der Waals surface area contributed by atoms with Crippen molar-refractivity contribution >= 4 is 51.7 Å². The Morgan fingerprint density at radius 2 is 1.38 bits per heavy atom. The minimum absolute atomic E-state index is 0. The Kier molecular flexibility index (Phi) is 11.4. The number of nitrogens with zero attached hydrogens (tertiary/aromatic N) is 8. The SMILES string of the molecule is C.CCn1nc(C)cc1C(=O)Nc1nc2cc(C(N)=O)ccc2n1CCCCn1c(NC(=O)c2cc(C)nn2CC)nc2c(OCCO)cccc21. The minimum Gasteiger partial charge on any atom is -0.489 e. The molecule has 0 bridgehead atoms. The number of fused-ring (bicyclic) bond motifs is 2. The van der Waals surface area contributed by atoms with E-state index < -0.39 is 5.91 Å². The summed E-state index contributed by atoms with van der Waals surface area (Å²) in [5, 5.41) is 24.1. The number of unbranched alkanes of at least 4 members (excludes halogenated alkanes) is 1. The number of nitrogens with one attached hydrogen (secondary N) is 2. The van der Waals surface area contributed by atoms with E-state index in [2.05, 4.69) is 25.8 Å². The second-order valence-electron chi connectivity index (χ2n) is 12.0. The van der Waals surface area contributed by atoms with Gasteiger partial charge in [0.25, 0.3) is 11.8 Å². The van der Waals surface area contributed by atoms with Crippen LogP contribution in [0.25, 0.3) is 22.1 Å². The molecule has 274 valence electrons. The largest absolute Gasteiger partial charge is 0.489 e. The van der Waals surface area contributed by atoms with Crippen molar-refractivity contribution in [2.45, 2.75) is 74.1 Å². The molecule has 4 aromatic heterocycles. The maximum absolute atomic E-state index is 13.5. The number of carbonyl (C=O) groups is 3. The summed E-state index contributed by atoms with van der Waals surface area (Å²) in [5.41, 5.74) is 10.7. The minimum atomic E-state index is -0.575. The molecule has 6 aromatic rings. The van der Waals surface area contributed by atoms with Gasteiger partial charge >= 0.3 is 0 Å². The highest BCUT2D eigenvalue weighted by Gasteiger charge is 2.21. The molecule has 0 spiro atoms. The van der Waals surface area contributed by atoms with Crippen LogP contribution in [-0.4, -0.2) is 74.7 Å². The molecule has 2 aromatic carbocycles. The van der Waals surface area contributed by atoms with Crippen LogP contribution in [-0.2, 0) is 26.2 Å². The quantitative estimate of drug-likeness (QED) is 0.110. The number of aromatic nitrogens is 8. The third-order valence-corrected chi connectivity index (χ3v) is 8.46. The number of hydrogen-bond donors (Lipinski definition) is 4. The number of ether oxygens (including phenoxy) is 1. The van der Waals surface area contributed by atoms with Crippen LogP contribution in [0.3, 0.4) is 0 Å². The summed E-state index contributed by atoms with van der Waals surface area (Å²) in [5.74, 6) is -0.105. The molecule has 0 aliphatic carbocycles. The zero-order valence-electron chi connectivity index (χ0n) is 29.0. The zero-order chi connectivity index (χ0) is 36.2. The lowest BCUT2D eigenvalue weighted by Crippen LogP contribution is -2.20. The van der Waals surface area contributed by atoms with Crippen LogP contribution < -0.4 is 21.1 Å². The van der Waals surface area contributed by atoms with Crippen molar-refractivity contribution in [3.63, 3.8) is 0 Å². The third-order valence-electron chi connectivity index (χ3n) is 8.46. The van der Waals surface area contributed by atoms with E-state index in [4.69, 9.17) is 15.5 Å². The number of nitrogens with two attached hydrogens (primary N) is 1. The number of primary amides is 1. The van der Waals surface area contributed by atoms with Gasteiger partial charge in [-0.25, -0.2) is 9.97 Å². The highest BCUT2D eigenvalue weighted by Crippen LogP contribution is 2.30. The van der Waals surface area contributed by atoms with E-state index in [1.54, 1.807) is 45.8 Å². The van der Waals surface area contributed by atoms with Crippen LogP contribution in [0.5, 0.6) is 5.75 Å². The number of rotatable bonds is 15. The summed E-state index contributed by atoms with van der Waals surface area (Å²) in [4.78, 5) is 48.2. The zero-order valence-corrected chi connectivity index (χ0v) is 29.0. The standard InChI is InChI=1S/C35H41N11O5.CH4/c1-5-45-27(18-21(3)41-45)32(49)39-34-37-24-20-23(31(36)48)12-13-25(24)43(34)14-7-8-15-44-26-10-9-11-29(51-17-16-47)30(26)38-35(44)40-33(50)28-19-22(4)42-46(28)6-2;/h9-13,18-20,47H,5-8,14-17H2,1-4H3,(H2,36,48)(H,37,39,49)(H,38,40,50);1H4. The van der Waals surface area contributed by atoms with Gasteiger partial charge in [-0.15, -0.1) is 0 Å². The summed E-state index contributed by atoms with van der Waals surface area (Å²) < 4.78 is 12.9. The Balaban J connectivity index is 0.00000523. The van der Waals surface area contributed by atoms with Crippen molar-refractivity contribution in [1.29, 1.82) is 0 Å². The Hall–Kier alpha value is -6.03. The van der Waals surface area contributed by atoms with Gasteiger partial charge in [-0.05, 0) is 83.0 Å². The Morgan fingerprint density at radius 1 is 0.808 bits per heavy atom. The first-order valence-electron chi connectivity index (χ1n) is 16.9. The van der Waals surface area contributed by atoms with E-state index in [0.717, 1.165) is 22.4 Å². The van der Waals surface area contributed by atoms with Gasteiger partial charge in [0.2, 0.25) is 17.8 Å². The molecule has 0 saturated carbocycles. The highest BCUT2D eigenvalue weighted by molar-refractivity contribution is 6.04. The van der Waals surface area contributed by atoms with Crippen LogP contribution in [0.2, 0.25) is 0 Å². The number of aliphatic hydroxyl groups excluding tert-OH is 1. The number of aryl methyl sites for hydroxylation is 6. The molecular weight excluding hydrogens is 666 g/mol. The van der Waals surface area contributed by atoms with Gasteiger partial charge in [0.1, 0.15) is 29.3 Å². The number of anilines is 2. The molecule has 0 radical (unpaired) electrons. The molecule has 52 heavy (non-hydrogen) atoms. The van der Waals surface area contributed by atoms with E-state index in [-0.39, 0.29) is 32.5 Å². The van der Waals surface area contributed by atoms with Crippen molar-refractivity contribution in [3.8, 4) is 5.75 Å². The van der Waals surface area contributed by atoms with Crippen molar-refractivity contribution in [1.82, 2.24) is 38.7 Å². The van der Waals surface area contributed by atoms with Gasteiger partial charge in [0, 0.05) is 31.7 Å². The summed E-state index contributed by atoms with van der Waals surface area (Å²) in [7, 11) is 0. The van der Waals surface area contributed by atoms with Crippen molar-refractivity contribution in [2.75, 3.05) is 23.8 Å². The van der Waals surface area contributed by atoms with E-state index in [1.807, 2.05) is 49.0 Å². The molecule has 4 heterocycles. The second kappa shape index (κ2) is 15.9. The third kappa shape index (κ3) is 7.51. The van der Waals surface area contributed by atoms with Gasteiger partial charge in [-0.2, -0.15) is 10.2 Å². The highest BCUT2D eigenvalue weighted by atomic mass is 16.5. The number of amides is 3. The van der Waals surface area contributed by atoms with Gasteiger partial charge in [0.05, 0.1) is 34.5 Å². The first kappa shape index (κ1) is 37.2. The first-order valence-corrected chi connectivity index (χ1v) is 16.9. The fourth-order valence-electron chi connectivity index (χ4n) is 6.13. The Labute approximate surface area is 300 Å². The van der Waals surface area contributed by atoms with Crippen LogP contribution in [0.4, 0.5) is 11.9 Å². The van der Waals surface area contributed by atoms with Crippen LogP contribution in [0.1, 0.15) is 76.8 Å². The van der Waals surface area contributed by atoms with Crippen LogP contribution >= 0.6 is 0 Å². The molecule has 0 aliphatic rings. The number of hydrogen-bond acceptors (Lipinski definition) is 9. The van der Waals surface area contributed by atoms with Gasteiger partial charge < -0.3 is 24.7 Å². The molecule has 6 rings (SSSR count). The van der Waals surface area contributed by atoms with Crippen LogP contribution in [0.15, 0.2) is 48.5 Å². The maximum Gasteiger partial charge on any atom is 0.276 e. The van der Waals surface area contributed by atoms with E-state index >= 15 is 0 Å². The number of aliphatic hydroxyl groups is 1. The van der Waals surface area contributed by atoms with Crippen molar-refractivity contribution in [3.05, 3.63) is 76.9 Å². The summed E-state index contributed by atoms with van der Waals surface area (Å²) in [6.45, 7) is 9.45. The van der Waals surface area contributed by atoms with Gasteiger partial charge in [-0.3, -0.25) is 34.4 Å². The van der Waals surface area contributed by atoms with Crippen LogP contribution in [0, 0.1) is 13.8 Å². The predicted octanol–water partition coefficient (Wildman–Crippen LogP) is 4.53. The van der Waals surface area contributed by atoms with E-state index in [0.29, 0.717) is 84.7 Å². The predicted molar refractivity (Wildman–Crippen MR) is 198 cm³/mol. The molecule has 0 unspecified atom stereocenters. The molecule has 0 aliphatic heterocycles. The lowest BCUT2D eigenvalue weighted by atomic mass is 10.2. The topological polar surface area (TPSA) is 202 Å². The normalized spacial score (nSPS) is 11.2. The van der Waals surface area contributed by atoms with Gasteiger partial charge in [0.15, 0.2) is 0 Å². The molecular formula is C36H45N11O5. The molecule has 5 N–H and O–H groups in total. The molecule has 16 heteroatoms. The fraction of sp³-hybridized carbons (Fsp3) is 0.361. The monoisotopic (exact) mass is 711 g/mol. The number of carbonyl (C=O) groups excluding carboxylic acids is 3. The lowest BCUT2D eigenvalue weighted by molar-refractivity contribution is 0.0995. The Morgan fingerprint density at radius 3 is 1.94 bits per heavy atom. The molecule has 3 amide bonds. The van der Waals surface area contributed by atoms with E-state index in [1.165, 1.54) is 0 Å². The van der Waals surface area contributed by atoms with Crippen molar-refractivity contribution in [2.24, 2.45) is 5.73 Å². The molecule has 0 atom stereocenters. The first-order chi connectivity index (χ1) is 24.6. The molecule has 0 saturated heterocycles. The molecule has 0 fully saturated rings. The summed E-state index contributed by atoms with van der Waals surface area (Å²) >= 11 is 0. The summed E-state index contributed by atoms with van der Waals surface area (Å²) in [6.07, 6.45) is 1.30. The summed E-state index contributed by atoms with van der Waals surface area (Å²) in [6, 6.07) is 14.0. The number of benzene rings is 2. The number of para-hydroxylation sites is 1. The maximum atomic E-state index is 13.5. The number of imidazole rings is 2. The lowest BCUT2D eigenvalue weighted by Gasteiger charge is -2.13. The van der Waals surface area contributed by atoms with E-state index in [9.17, 15) is 19.5 Å². The average molecular weight is 712 g/mol. The van der Waals surface area contributed by atoms with Gasteiger partial charge in [-0.1, -0.05) is 13.5 Å².